The zero-order valence-corrected chi connectivity index (χ0v) is 21.9. The third kappa shape index (κ3) is 5.05. The van der Waals surface area contributed by atoms with Gasteiger partial charge in [-0.25, -0.2) is 0 Å². The van der Waals surface area contributed by atoms with Crippen LogP contribution in [0.2, 0.25) is 25.2 Å². The lowest BCUT2D eigenvalue weighted by Gasteiger charge is -2.35. The molecule has 0 atom stereocenters. The molecule has 1 heterocycles. The lowest BCUT2D eigenvalue weighted by Crippen LogP contribution is -2.32. The van der Waals surface area contributed by atoms with Gasteiger partial charge in [0.2, 0.25) is 0 Å². The fourth-order valence-electron chi connectivity index (χ4n) is 4.58. The second-order valence-corrected chi connectivity index (χ2v) is 18.5. The second-order valence-electron chi connectivity index (χ2n) is 10.7. The van der Waals surface area contributed by atoms with Crippen LogP contribution in [0.3, 0.4) is 0 Å². The van der Waals surface area contributed by atoms with Gasteiger partial charge in [0.05, 0.1) is 0 Å². The normalized spacial score (nSPS) is 17.5. The van der Waals surface area contributed by atoms with Gasteiger partial charge in [-0.2, -0.15) is 0 Å². The third-order valence-corrected chi connectivity index (χ3v) is 13.4. The van der Waals surface area contributed by atoms with Crippen molar-refractivity contribution in [2.45, 2.75) is 84.5 Å². The first-order chi connectivity index (χ1) is 13.6. The van der Waals surface area contributed by atoms with Crippen LogP contribution < -0.4 is 5.30 Å². The Morgan fingerprint density at radius 1 is 0.759 bits per heavy atom. The summed E-state index contributed by atoms with van der Waals surface area (Å²) >= 11 is 0. The molecule has 0 unspecified atom stereocenters. The van der Waals surface area contributed by atoms with Crippen LogP contribution in [0.15, 0.2) is 36.4 Å². The van der Waals surface area contributed by atoms with Gasteiger partial charge in [0, 0.05) is 8.07 Å². The number of benzene rings is 2. The zero-order valence-electron chi connectivity index (χ0n) is 20.0. The van der Waals surface area contributed by atoms with Gasteiger partial charge in [0.1, 0.15) is 0 Å². The summed E-state index contributed by atoms with van der Waals surface area (Å²) in [6.45, 7) is 19.3. The molecule has 0 saturated carbocycles. The largest absolute Gasteiger partial charge is 0.0752 e. The summed E-state index contributed by atoms with van der Waals surface area (Å²) in [7, 11) is -0.942. The average Bonchev–Trinajstić information content (AvgIpc) is 2.66. The Morgan fingerprint density at radius 3 is 1.76 bits per heavy atom. The molecule has 0 nitrogen and oxygen atoms in total. The van der Waals surface area contributed by atoms with Crippen molar-refractivity contribution >= 4 is 21.3 Å². The first-order valence-electron chi connectivity index (χ1n) is 11.6. The Labute approximate surface area is 182 Å². The van der Waals surface area contributed by atoms with E-state index in [0.29, 0.717) is 17.8 Å². The Hall–Kier alpha value is -0.913. The maximum Gasteiger partial charge on any atom is 0.0480 e. The molecule has 1 aliphatic rings. The minimum atomic E-state index is -0.923. The molecule has 0 bridgehead atoms. The molecular weight excluding hydrogens is 383 g/mol. The van der Waals surface area contributed by atoms with E-state index in [4.69, 9.17) is 0 Å². The van der Waals surface area contributed by atoms with E-state index >= 15 is 0 Å². The van der Waals surface area contributed by atoms with Gasteiger partial charge >= 0.3 is 0 Å². The van der Waals surface area contributed by atoms with E-state index in [2.05, 4.69) is 91.0 Å². The molecule has 1 saturated heterocycles. The SMILES string of the molecule is CC(C)c1cc(C(C)C)c(-c2ccccc2P2CC[Si](C)(C)CC2)c(C(C)C)c1. The van der Waals surface area contributed by atoms with Crippen molar-refractivity contribution in [1.82, 2.24) is 0 Å². The van der Waals surface area contributed by atoms with E-state index in [0.717, 1.165) is 0 Å². The Balaban J connectivity index is 2.18. The van der Waals surface area contributed by atoms with Crippen LogP contribution in [0, 0.1) is 0 Å². The smallest absolute Gasteiger partial charge is 0.0480 e. The molecule has 2 heteroatoms. The van der Waals surface area contributed by atoms with E-state index in [9.17, 15) is 0 Å². The molecule has 29 heavy (non-hydrogen) atoms. The molecule has 3 rings (SSSR count). The minimum absolute atomic E-state index is 0.0184. The predicted octanol–water partition coefficient (Wildman–Crippen LogP) is 8.55. The molecule has 1 fully saturated rings. The minimum Gasteiger partial charge on any atom is -0.0752 e. The lowest BCUT2D eigenvalue weighted by molar-refractivity contribution is 0.808. The van der Waals surface area contributed by atoms with Crippen LogP contribution in [-0.4, -0.2) is 20.4 Å². The van der Waals surface area contributed by atoms with Crippen LogP contribution in [-0.2, 0) is 0 Å². The fraction of sp³-hybridized carbons (Fsp3) is 0.556. The van der Waals surface area contributed by atoms with E-state index in [1.54, 1.807) is 27.6 Å². The summed E-state index contributed by atoms with van der Waals surface area (Å²) in [5.74, 6) is 1.66. The summed E-state index contributed by atoms with van der Waals surface area (Å²) in [5, 5.41) is 1.67. The van der Waals surface area contributed by atoms with Crippen molar-refractivity contribution in [2.75, 3.05) is 12.3 Å². The second kappa shape index (κ2) is 9.07. The summed E-state index contributed by atoms with van der Waals surface area (Å²) in [6.07, 6.45) is 2.90. The van der Waals surface area contributed by atoms with E-state index in [1.165, 1.54) is 30.0 Å². The van der Waals surface area contributed by atoms with Crippen molar-refractivity contribution in [3.05, 3.63) is 53.1 Å². The van der Waals surface area contributed by atoms with E-state index in [-0.39, 0.29) is 7.92 Å². The van der Waals surface area contributed by atoms with Crippen molar-refractivity contribution in [3.8, 4) is 11.1 Å². The van der Waals surface area contributed by atoms with Gasteiger partial charge < -0.3 is 0 Å². The first kappa shape index (κ1) is 22.8. The highest BCUT2D eigenvalue weighted by Crippen LogP contribution is 2.48. The molecule has 2 aromatic rings. The highest BCUT2D eigenvalue weighted by atomic mass is 31.1. The van der Waals surface area contributed by atoms with E-state index < -0.39 is 8.07 Å². The van der Waals surface area contributed by atoms with Gasteiger partial charge in [-0.15, -0.1) is 0 Å². The first-order valence-corrected chi connectivity index (χ1v) is 16.8. The molecule has 2 aromatic carbocycles. The number of hydrogen-bond donors (Lipinski definition) is 0. The molecular formula is C27H41PSi. The molecule has 1 aliphatic heterocycles. The highest BCUT2D eigenvalue weighted by Gasteiger charge is 2.31. The highest BCUT2D eigenvalue weighted by molar-refractivity contribution is 7.66. The summed E-state index contributed by atoms with van der Waals surface area (Å²) in [5.41, 5.74) is 7.69. The van der Waals surface area contributed by atoms with Gasteiger partial charge in [0.25, 0.3) is 0 Å². The molecule has 0 spiro atoms. The van der Waals surface area contributed by atoms with Gasteiger partial charge in [-0.1, -0.05) is 111 Å². The monoisotopic (exact) mass is 424 g/mol. The standard InChI is InChI=1S/C27H41PSi/c1-19(2)22-17-24(20(3)4)27(25(18-22)21(5)6)23-11-9-10-12-26(23)28-13-15-29(7,8)16-14-28/h9-12,17-21H,13-16H2,1-8H3. The maximum absolute atomic E-state index is 2.59. The predicted molar refractivity (Wildman–Crippen MR) is 138 cm³/mol. The van der Waals surface area contributed by atoms with Crippen molar-refractivity contribution in [1.29, 1.82) is 0 Å². The Morgan fingerprint density at radius 2 is 1.28 bits per heavy atom. The number of rotatable bonds is 5. The summed E-state index contributed by atoms with van der Waals surface area (Å²) in [4.78, 5) is 0. The van der Waals surface area contributed by atoms with Crippen molar-refractivity contribution in [2.24, 2.45) is 0 Å². The summed E-state index contributed by atoms with van der Waals surface area (Å²) < 4.78 is 0. The number of hydrogen-bond acceptors (Lipinski definition) is 0. The molecule has 0 amide bonds. The van der Waals surface area contributed by atoms with Gasteiger partial charge in [0.15, 0.2) is 0 Å². The molecule has 0 aliphatic carbocycles. The van der Waals surface area contributed by atoms with Crippen molar-refractivity contribution in [3.63, 3.8) is 0 Å². The molecule has 0 N–H and O–H groups in total. The lowest BCUT2D eigenvalue weighted by atomic mass is 9.82. The fourth-order valence-corrected chi connectivity index (χ4v) is 13.4. The molecule has 158 valence electrons. The van der Waals surface area contributed by atoms with Crippen LogP contribution in [0.5, 0.6) is 0 Å². The Kier molecular flexibility index (Phi) is 7.12. The zero-order chi connectivity index (χ0) is 21.3. The average molecular weight is 425 g/mol. The molecule has 0 radical (unpaired) electrons. The van der Waals surface area contributed by atoms with Crippen molar-refractivity contribution < 1.29 is 0 Å². The van der Waals surface area contributed by atoms with Crippen LogP contribution in [0.25, 0.3) is 11.1 Å². The third-order valence-electron chi connectivity index (χ3n) is 6.76. The van der Waals surface area contributed by atoms with E-state index in [1.807, 2.05) is 0 Å². The van der Waals surface area contributed by atoms with Crippen LogP contribution in [0.1, 0.15) is 76.0 Å². The van der Waals surface area contributed by atoms with Gasteiger partial charge in [-0.05, 0) is 63.2 Å². The molecule has 0 aromatic heterocycles. The quantitative estimate of drug-likeness (QED) is 0.333. The van der Waals surface area contributed by atoms with Gasteiger partial charge in [-0.3, -0.25) is 0 Å². The van der Waals surface area contributed by atoms with Crippen LogP contribution >= 0.6 is 7.92 Å². The topological polar surface area (TPSA) is 0 Å². The Bertz CT molecular complexity index is 808. The maximum atomic E-state index is 2.59. The van der Waals surface area contributed by atoms with Crippen LogP contribution in [0.4, 0.5) is 0 Å². The summed E-state index contributed by atoms with van der Waals surface area (Å²) in [6, 6.07) is 17.5.